The first-order valence-electron chi connectivity index (χ1n) is 8.33. The third-order valence-electron chi connectivity index (χ3n) is 4.33. The minimum absolute atomic E-state index is 0.721. The van der Waals surface area contributed by atoms with Crippen LogP contribution in [0.2, 0.25) is 0 Å². The number of nitrogens with two attached hydrogens (primary N) is 1. The summed E-state index contributed by atoms with van der Waals surface area (Å²) in [4.78, 5) is 0. The Labute approximate surface area is 149 Å². The van der Waals surface area contributed by atoms with Crippen molar-refractivity contribution in [3.05, 3.63) is 76.9 Å². The molecule has 0 amide bonds. The molecule has 0 aliphatic rings. The van der Waals surface area contributed by atoms with Crippen molar-refractivity contribution >= 4 is 5.69 Å². The van der Waals surface area contributed by atoms with E-state index in [-0.39, 0.29) is 0 Å². The van der Waals surface area contributed by atoms with Gasteiger partial charge in [0, 0.05) is 5.69 Å². The molecule has 0 radical (unpaired) electrons. The van der Waals surface area contributed by atoms with Gasteiger partial charge in [-0.1, -0.05) is 17.7 Å². The Bertz CT molecular complexity index is 881. The Hall–Kier alpha value is -2.94. The molecule has 25 heavy (non-hydrogen) atoms. The molecule has 0 aliphatic heterocycles. The molecule has 0 spiro atoms. The van der Waals surface area contributed by atoms with E-state index in [1.54, 1.807) is 0 Å². The number of aryl methyl sites for hydroxylation is 2. The van der Waals surface area contributed by atoms with Gasteiger partial charge in [-0.2, -0.15) is 0 Å². The molecule has 3 nitrogen and oxygen atoms in total. The van der Waals surface area contributed by atoms with Gasteiger partial charge in [0.1, 0.15) is 23.0 Å². The molecule has 0 aliphatic carbocycles. The standard InChI is InChI=1S/C22H23NO2/c1-14-5-9-19(10-6-14)24-21-13-15(2)22(17(4)16(21)3)25-20-11-7-18(23)8-12-20/h5-13H,23H2,1-4H3. The molecule has 0 unspecified atom stereocenters. The number of hydrogen-bond acceptors (Lipinski definition) is 3. The van der Waals surface area contributed by atoms with E-state index in [0.717, 1.165) is 45.4 Å². The molecular formula is C22H23NO2. The van der Waals surface area contributed by atoms with Crippen molar-refractivity contribution in [2.24, 2.45) is 0 Å². The molecule has 3 rings (SSSR count). The maximum absolute atomic E-state index is 6.09. The molecule has 0 atom stereocenters. The molecule has 0 saturated heterocycles. The van der Waals surface area contributed by atoms with E-state index in [1.165, 1.54) is 5.56 Å². The van der Waals surface area contributed by atoms with Crippen molar-refractivity contribution in [2.45, 2.75) is 27.7 Å². The Kier molecular flexibility index (Phi) is 4.66. The van der Waals surface area contributed by atoms with E-state index in [9.17, 15) is 0 Å². The number of benzene rings is 3. The van der Waals surface area contributed by atoms with Crippen LogP contribution in [0.15, 0.2) is 54.6 Å². The lowest BCUT2D eigenvalue weighted by Crippen LogP contribution is -1.97. The average molecular weight is 333 g/mol. The van der Waals surface area contributed by atoms with Crippen LogP contribution in [0.3, 0.4) is 0 Å². The zero-order valence-electron chi connectivity index (χ0n) is 15.1. The summed E-state index contributed by atoms with van der Waals surface area (Å²) in [5.41, 5.74) is 10.8. The highest BCUT2D eigenvalue weighted by molar-refractivity contribution is 5.55. The summed E-state index contributed by atoms with van der Waals surface area (Å²) < 4.78 is 12.2. The van der Waals surface area contributed by atoms with Gasteiger partial charge < -0.3 is 15.2 Å². The molecule has 0 heterocycles. The highest BCUT2D eigenvalue weighted by atomic mass is 16.5. The lowest BCUT2D eigenvalue weighted by atomic mass is 10.0. The third-order valence-corrected chi connectivity index (χ3v) is 4.33. The van der Waals surface area contributed by atoms with E-state index in [2.05, 4.69) is 13.8 Å². The Morgan fingerprint density at radius 2 is 1.24 bits per heavy atom. The summed E-state index contributed by atoms with van der Waals surface area (Å²) >= 11 is 0. The zero-order chi connectivity index (χ0) is 18.0. The monoisotopic (exact) mass is 333 g/mol. The van der Waals surface area contributed by atoms with Gasteiger partial charge in [0.25, 0.3) is 0 Å². The van der Waals surface area contributed by atoms with E-state index in [0.29, 0.717) is 0 Å². The molecule has 128 valence electrons. The fourth-order valence-electron chi connectivity index (χ4n) is 2.67. The summed E-state index contributed by atoms with van der Waals surface area (Å²) in [7, 11) is 0. The molecule has 2 N–H and O–H groups in total. The van der Waals surface area contributed by atoms with Gasteiger partial charge in [0.05, 0.1) is 0 Å². The van der Waals surface area contributed by atoms with Crippen LogP contribution in [-0.2, 0) is 0 Å². The Balaban J connectivity index is 1.90. The van der Waals surface area contributed by atoms with Gasteiger partial charge >= 0.3 is 0 Å². The second-order valence-corrected chi connectivity index (χ2v) is 6.36. The van der Waals surface area contributed by atoms with Crippen LogP contribution in [0.4, 0.5) is 5.69 Å². The summed E-state index contributed by atoms with van der Waals surface area (Å²) in [5.74, 6) is 3.31. The first-order chi connectivity index (χ1) is 11.9. The molecule has 3 aromatic rings. The van der Waals surface area contributed by atoms with Crippen LogP contribution < -0.4 is 15.2 Å². The zero-order valence-corrected chi connectivity index (χ0v) is 15.1. The van der Waals surface area contributed by atoms with Crippen LogP contribution in [0, 0.1) is 27.7 Å². The maximum Gasteiger partial charge on any atom is 0.133 e. The normalized spacial score (nSPS) is 10.6. The SMILES string of the molecule is Cc1ccc(Oc2cc(C)c(Oc3ccc(N)cc3)c(C)c2C)cc1. The van der Waals surface area contributed by atoms with Gasteiger partial charge in [-0.3, -0.25) is 0 Å². The van der Waals surface area contributed by atoms with Crippen molar-refractivity contribution in [1.82, 2.24) is 0 Å². The van der Waals surface area contributed by atoms with Gasteiger partial charge in [-0.25, -0.2) is 0 Å². The number of rotatable bonds is 4. The molecule has 0 saturated carbocycles. The Morgan fingerprint density at radius 1 is 0.680 bits per heavy atom. The summed E-state index contributed by atoms with van der Waals surface area (Å²) in [6.45, 7) is 8.19. The van der Waals surface area contributed by atoms with E-state index in [1.807, 2.05) is 68.4 Å². The minimum Gasteiger partial charge on any atom is -0.457 e. The molecule has 0 fully saturated rings. The molecule has 3 aromatic carbocycles. The minimum atomic E-state index is 0.721. The van der Waals surface area contributed by atoms with Crippen molar-refractivity contribution < 1.29 is 9.47 Å². The molecule has 3 heteroatoms. The number of ether oxygens (including phenoxy) is 2. The largest absolute Gasteiger partial charge is 0.457 e. The van der Waals surface area contributed by atoms with E-state index >= 15 is 0 Å². The second kappa shape index (κ2) is 6.89. The smallest absolute Gasteiger partial charge is 0.133 e. The van der Waals surface area contributed by atoms with Crippen LogP contribution >= 0.6 is 0 Å². The van der Waals surface area contributed by atoms with Crippen LogP contribution in [-0.4, -0.2) is 0 Å². The summed E-state index contributed by atoms with van der Waals surface area (Å²) in [6.07, 6.45) is 0. The highest BCUT2D eigenvalue weighted by Crippen LogP contribution is 2.37. The van der Waals surface area contributed by atoms with Crippen molar-refractivity contribution in [3.8, 4) is 23.0 Å². The second-order valence-electron chi connectivity index (χ2n) is 6.36. The highest BCUT2D eigenvalue weighted by Gasteiger charge is 2.14. The predicted molar refractivity (Wildman–Crippen MR) is 103 cm³/mol. The van der Waals surface area contributed by atoms with E-state index < -0.39 is 0 Å². The van der Waals surface area contributed by atoms with Crippen LogP contribution in [0.1, 0.15) is 22.3 Å². The molecular weight excluding hydrogens is 310 g/mol. The first-order valence-corrected chi connectivity index (χ1v) is 8.33. The van der Waals surface area contributed by atoms with Gasteiger partial charge in [0.15, 0.2) is 0 Å². The predicted octanol–water partition coefficient (Wildman–Crippen LogP) is 6.09. The quantitative estimate of drug-likeness (QED) is 0.588. The summed E-state index contributed by atoms with van der Waals surface area (Å²) in [6, 6.07) is 17.5. The number of nitrogen functional groups attached to an aromatic ring is 1. The fraction of sp³-hybridized carbons (Fsp3) is 0.182. The maximum atomic E-state index is 6.09. The molecule has 0 bridgehead atoms. The first kappa shape index (κ1) is 16.9. The van der Waals surface area contributed by atoms with Gasteiger partial charge in [0.2, 0.25) is 0 Å². The average Bonchev–Trinajstić information content (AvgIpc) is 2.60. The fourth-order valence-corrected chi connectivity index (χ4v) is 2.67. The molecule has 0 aromatic heterocycles. The summed E-state index contributed by atoms with van der Waals surface area (Å²) in [5, 5.41) is 0. The van der Waals surface area contributed by atoms with Crippen molar-refractivity contribution in [2.75, 3.05) is 5.73 Å². The Morgan fingerprint density at radius 3 is 1.88 bits per heavy atom. The number of hydrogen-bond donors (Lipinski definition) is 1. The third kappa shape index (κ3) is 3.77. The number of anilines is 1. The topological polar surface area (TPSA) is 44.5 Å². The van der Waals surface area contributed by atoms with Gasteiger partial charge in [-0.15, -0.1) is 0 Å². The van der Waals surface area contributed by atoms with Crippen molar-refractivity contribution in [1.29, 1.82) is 0 Å². The van der Waals surface area contributed by atoms with Gasteiger partial charge in [-0.05, 0) is 86.8 Å². The van der Waals surface area contributed by atoms with Crippen LogP contribution in [0.25, 0.3) is 0 Å². The lowest BCUT2D eigenvalue weighted by molar-refractivity contribution is 0.459. The van der Waals surface area contributed by atoms with E-state index in [4.69, 9.17) is 15.2 Å². The van der Waals surface area contributed by atoms with Crippen LogP contribution in [0.5, 0.6) is 23.0 Å². The lowest BCUT2D eigenvalue weighted by Gasteiger charge is -2.18. The van der Waals surface area contributed by atoms with Crippen molar-refractivity contribution in [3.63, 3.8) is 0 Å².